The molecule has 0 unspecified atom stereocenters. The largest absolute Gasteiger partial charge is 0.387 e. The summed E-state index contributed by atoms with van der Waals surface area (Å²) < 4.78 is 0. The van der Waals surface area contributed by atoms with Crippen LogP contribution in [0.2, 0.25) is 0 Å². The number of aliphatic hydroxyl groups is 1. The van der Waals surface area contributed by atoms with E-state index < -0.39 is 17.4 Å². The number of hydrogen-bond acceptors (Lipinski definition) is 5. The molecular formula is C18H25N3O4S. The molecule has 142 valence electrons. The Hall–Kier alpha value is -2.06. The number of nitrogens with one attached hydrogen (secondary N) is 2. The summed E-state index contributed by atoms with van der Waals surface area (Å²) in [5, 5.41) is 15.0. The first kappa shape index (κ1) is 20.3. The van der Waals surface area contributed by atoms with Crippen molar-refractivity contribution in [3.63, 3.8) is 0 Å². The lowest BCUT2D eigenvalue weighted by molar-refractivity contribution is -0.136. The molecule has 7 nitrogen and oxygen atoms in total. The molecule has 1 atom stereocenters. The normalized spacial score (nSPS) is 16.7. The van der Waals surface area contributed by atoms with Crippen molar-refractivity contribution in [2.24, 2.45) is 0 Å². The monoisotopic (exact) mass is 379 g/mol. The van der Waals surface area contributed by atoms with Crippen molar-refractivity contribution in [2.45, 2.75) is 31.8 Å². The Balaban J connectivity index is 1.95. The summed E-state index contributed by atoms with van der Waals surface area (Å²) >= 11 is 1.45. The minimum absolute atomic E-state index is 0.0115. The Morgan fingerprint density at radius 3 is 2.77 bits per heavy atom. The molecule has 1 heterocycles. The average Bonchev–Trinajstić information content (AvgIpc) is 2.60. The number of rotatable bonds is 6. The smallest absolute Gasteiger partial charge is 0.313 e. The van der Waals surface area contributed by atoms with Gasteiger partial charge in [0.1, 0.15) is 0 Å². The summed E-state index contributed by atoms with van der Waals surface area (Å²) in [5.41, 5.74) is 0.0666. The van der Waals surface area contributed by atoms with Gasteiger partial charge in [-0.25, -0.2) is 0 Å². The first-order valence-electron chi connectivity index (χ1n) is 8.53. The molecule has 1 aliphatic heterocycles. The molecule has 0 radical (unpaired) electrons. The Kier molecular flexibility index (Phi) is 7.05. The fraction of sp³-hybridized carbons (Fsp3) is 0.500. The van der Waals surface area contributed by atoms with E-state index in [2.05, 4.69) is 10.6 Å². The van der Waals surface area contributed by atoms with Crippen molar-refractivity contribution >= 4 is 40.9 Å². The number of hydrogen-bond donors (Lipinski definition) is 3. The van der Waals surface area contributed by atoms with Crippen molar-refractivity contribution in [1.82, 2.24) is 5.32 Å². The van der Waals surface area contributed by atoms with E-state index in [0.717, 1.165) is 12.8 Å². The van der Waals surface area contributed by atoms with Gasteiger partial charge >= 0.3 is 11.8 Å². The van der Waals surface area contributed by atoms with Gasteiger partial charge in [-0.05, 0) is 44.2 Å². The molecular weight excluding hydrogens is 354 g/mol. The number of anilines is 2. The topological polar surface area (TPSA) is 98.7 Å². The molecule has 1 aliphatic rings. The van der Waals surface area contributed by atoms with Crippen LogP contribution < -0.4 is 15.5 Å². The van der Waals surface area contributed by atoms with Crippen molar-refractivity contribution in [1.29, 1.82) is 0 Å². The van der Waals surface area contributed by atoms with Crippen LogP contribution in [-0.4, -0.2) is 53.5 Å². The SMILES string of the molecule is CSC[C@](C)(O)CNC(=O)C(=O)Nc1cccc(N2CCCCC2=O)c1. The summed E-state index contributed by atoms with van der Waals surface area (Å²) in [6, 6.07) is 6.87. The predicted octanol–water partition coefficient (Wildman–Crippen LogP) is 1.37. The molecule has 3 amide bonds. The highest BCUT2D eigenvalue weighted by molar-refractivity contribution is 7.98. The van der Waals surface area contributed by atoms with Gasteiger partial charge in [0.2, 0.25) is 5.91 Å². The van der Waals surface area contributed by atoms with Crippen molar-refractivity contribution in [2.75, 3.05) is 35.3 Å². The molecule has 3 N–H and O–H groups in total. The highest BCUT2D eigenvalue weighted by Crippen LogP contribution is 2.23. The quantitative estimate of drug-likeness (QED) is 0.649. The van der Waals surface area contributed by atoms with Crippen LogP contribution in [0.1, 0.15) is 26.2 Å². The second-order valence-electron chi connectivity index (χ2n) is 6.62. The number of amides is 3. The van der Waals surface area contributed by atoms with Crippen LogP contribution in [0, 0.1) is 0 Å². The third kappa shape index (κ3) is 5.74. The van der Waals surface area contributed by atoms with Crippen LogP contribution in [0.3, 0.4) is 0 Å². The predicted molar refractivity (Wildman–Crippen MR) is 103 cm³/mol. The molecule has 1 saturated heterocycles. The Morgan fingerprint density at radius 2 is 2.08 bits per heavy atom. The number of thioether (sulfide) groups is 1. The number of carbonyl (C=O) groups is 3. The minimum atomic E-state index is -1.08. The molecule has 0 bridgehead atoms. The van der Waals surface area contributed by atoms with E-state index in [0.29, 0.717) is 30.1 Å². The molecule has 8 heteroatoms. The third-order valence-electron chi connectivity index (χ3n) is 4.03. The third-order valence-corrected chi connectivity index (χ3v) is 4.94. The van der Waals surface area contributed by atoms with Gasteiger partial charge in [0.05, 0.1) is 5.60 Å². The molecule has 0 aliphatic carbocycles. The van der Waals surface area contributed by atoms with E-state index in [-0.39, 0.29) is 12.5 Å². The summed E-state index contributed by atoms with van der Waals surface area (Å²) in [6.07, 6.45) is 4.21. The number of benzene rings is 1. The van der Waals surface area contributed by atoms with Crippen LogP contribution in [0.25, 0.3) is 0 Å². The van der Waals surface area contributed by atoms with Crippen LogP contribution in [0.5, 0.6) is 0 Å². The van der Waals surface area contributed by atoms with E-state index in [1.165, 1.54) is 11.8 Å². The second kappa shape index (κ2) is 9.05. The first-order valence-corrected chi connectivity index (χ1v) is 9.93. The lowest BCUT2D eigenvalue weighted by Crippen LogP contribution is -2.45. The maximum Gasteiger partial charge on any atom is 0.313 e. The summed E-state index contributed by atoms with van der Waals surface area (Å²) in [4.78, 5) is 37.7. The number of piperidine rings is 1. The first-order chi connectivity index (χ1) is 12.3. The van der Waals surface area contributed by atoms with Gasteiger partial charge in [0.15, 0.2) is 0 Å². The van der Waals surface area contributed by atoms with Crippen molar-refractivity contribution in [3.8, 4) is 0 Å². The highest BCUT2D eigenvalue weighted by Gasteiger charge is 2.23. The molecule has 1 aromatic rings. The zero-order valence-electron chi connectivity index (χ0n) is 15.1. The van der Waals surface area contributed by atoms with E-state index in [9.17, 15) is 19.5 Å². The zero-order chi connectivity index (χ0) is 19.2. The van der Waals surface area contributed by atoms with Gasteiger partial charge in [0, 0.05) is 36.6 Å². The van der Waals surface area contributed by atoms with Crippen LogP contribution in [0.15, 0.2) is 24.3 Å². The van der Waals surface area contributed by atoms with Gasteiger partial charge < -0.3 is 20.6 Å². The highest BCUT2D eigenvalue weighted by atomic mass is 32.2. The summed E-state index contributed by atoms with van der Waals surface area (Å²) in [6.45, 7) is 2.24. The number of carbonyl (C=O) groups excluding carboxylic acids is 3. The molecule has 26 heavy (non-hydrogen) atoms. The molecule has 1 aromatic carbocycles. The Morgan fingerprint density at radius 1 is 1.31 bits per heavy atom. The molecule has 2 rings (SSSR count). The van der Waals surface area contributed by atoms with Gasteiger partial charge in [-0.15, -0.1) is 0 Å². The fourth-order valence-corrected chi connectivity index (χ4v) is 3.46. The maximum atomic E-state index is 12.0. The van der Waals surface area contributed by atoms with E-state index in [1.807, 2.05) is 6.26 Å². The van der Waals surface area contributed by atoms with E-state index >= 15 is 0 Å². The molecule has 1 fully saturated rings. The van der Waals surface area contributed by atoms with Crippen LogP contribution in [-0.2, 0) is 14.4 Å². The van der Waals surface area contributed by atoms with Gasteiger partial charge in [-0.2, -0.15) is 11.8 Å². The average molecular weight is 379 g/mol. The Bertz CT molecular complexity index is 678. The summed E-state index contributed by atoms with van der Waals surface area (Å²) in [7, 11) is 0. The molecule has 0 spiro atoms. The van der Waals surface area contributed by atoms with Crippen LogP contribution >= 0.6 is 11.8 Å². The maximum absolute atomic E-state index is 12.0. The van der Waals surface area contributed by atoms with E-state index in [4.69, 9.17) is 0 Å². The van der Waals surface area contributed by atoms with Crippen LogP contribution in [0.4, 0.5) is 11.4 Å². The van der Waals surface area contributed by atoms with E-state index in [1.54, 1.807) is 36.1 Å². The summed E-state index contributed by atoms with van der Waals surface area (Å²) in [5.74, 6) is -1.12. The zero-order valence-corrected chi connectivity index (χ0v) is 15.9. The lowest BCUT2D eigenvalue weighted by Gasteiger charge is -2.27. The van der Waals surface area contributed by atoms with Crippen molar-refractivity contribution in [3.05, 3.63) is 24.3 Å². The fourth-order valence-electron chi connectivity index (χ4n) is 2.73. The van der Waals surface area contributed by atoms with Gasteiger partial charge in [-0.3, -0.25) is 14.4 Å². The molecule has 0 aromatic heterocycles. The standard InChI is InChI=1S/C18H25N3O4S/c1-18(25,12-26-2)11-19-16(23)17(24)20-13-6-5-7-14(10-13)21-9-4-3-8-15(21)22/h5-7,10,25H,3-4,8-9,11-12H2,1-2H3,(H,19,23)(H,20,24)/t18-/m1/s1. The number of nitrogens with zero attached hydrogens (tertiary/aromatic N) is 1. The van der Waals surface area contributed by atoms with Crippen molar-refractivity contribution < 1.29 is 19.5 Å². The molecule has 0 saturated carbocycles. The van der Waals surface area contributed by atoms with Gasteiger partial charge in [-0.1, -0.05) is 6.07 Å². The Labute approximate surface area is 157 Å². The minimum Gasteiger partial charge on any atom is -0.387 e. The van der Waals surface area contributed by atoms with Gasteiger partial charge in [0.25, 0.3) is 0 Å². The second-order valence-corrected chi connectivity index (χ2v) is 7.49. The lowest BCUT2D eigenvalue weighted by atomic mass is 10.1.